The van der Waals surface area contributed by atoms with E-state index in [2.05, 4.69) is 17.0 Å². The van der Waals surface area contributed by atoms with Gasteiger partial charge in [-0.3, -0.25) is 9.59 Å². The van der Waals surface area contributed by atoms with E-state index >= 15 is 0 Å². The van der Waals surface area contributed by atoms with Gasteiger partial charge in [0, 0.05) is 57.1 Å². The number of methoxy groups -OCH3 is 1. The van der Waals surface area contributed by atoms with Crippen LogP contribution < -0.4 is 4.90 Å². The number of amides is 2. The van der Waals surface area contributed by atoms with Gasteiger partial charge in [-0.15, -0.1) is 0 Å². The first-order chi connectivity index (χ1) is 13.2. The highest BCUT2D eigenvalue weighted by molar-refractivity contribution is 5.95. The third kappa shape index (κ3) is 3.68. The lowest BCUT2D eigenvalue weighted by Crippen LogP contribution is -2.49. The van der Waals surface area contributed by atoms with Gasteiger partial charge in [-0.25, -0.2) is 0 Å². The molecule has 4 saturated heterocycles. The summed E-state index contributed by atoms with van der Waals surface area (Å²) in [4.78, 5) is 32.0. The van der Waals surface area contributed by atoms with Crippen LogP contribution >= 0.6 is 0 Å². The molecule has 4 aliphatic rings. The second kappa shape index (κ2) is 7.89. The summed E-state index contributed by atoms with van der Waals surface area (Å²) < 4.78 is 5.16. The highest BCUT2D eigenvalue weighted by Gasteiger charge is 2.41. The molecule has 27 heavy (non-hydrogen) atoms. The van der Waals surface area contributed by atoms with Gasteiger partial charge in [0.15, 0.2) is 0 Å². The molecule has 4 fully saturated rings. The number of hydrogen-bond acceptors (Lipinski definition) is 4. The highest BCUT2D eigenvalue weighted by Crippen LogP contribution is 2.30. The van der Waals surface area contributed by atoms with Crippen LogP contribution in [0, 0.1) is 5.92 Å². The van der Waals surface area contributed by atoms with Gasteiger partial charge in [0.25, 0.3) is 5.91 Å². The summed E-state index contributed by atoms with van der Waals surface area (Å²) in [6.07, 6.45) is 4.33. The zero-order valence-corrected chi connectivity index (χ0v) is 16.1. The topological polar surface area (TPSA) is 53.1 Å². The Morgan fingerprint density at radius 3 is 2.56 bits per heavy atom. The second-order valence-corrected chi connectivity index (χ2v) is 7.90. The van der Waals surface area contributed by atoms with E-state index in [1.54, 1.807) is 7.11 Å². The number of piperidine rings is 1. The third-order valence-electron chi connectivity index (χ3n) is 6.20. The van der Waals surface area contributed by atoms with Crippen molar-refractivity contribution in [2.75, 3.05) is 51.3 Å². The van der Waals surface area contributed by atoms with Crippen molar-refractivity contribution in [3.63, 3.8) is 0 Å². The van der Waals surface area contributed by atoms with Gasteiger partial charge in [-0.1, -0.05) is 0 Å². The SMILES string of the molecule is COCCN1C(=O)[C@@H]2CC[C@H]1CN(C(=O)c1ccc(N3CCCC3)cc1)C2. The number of nitrogens with zero attached hydrogens (tertiary/aromatic N) is 3. The Morgan fingerprint density at radius 1 is 1.11 bits per heavy atom. The van der Waals surface area contributed by atoms with Crippen molar-refractivity contribution in [2.45, 2.75) is 31.7 Å². The van der Waals surface area contributed by atoms with Gasteiger partial charge < -0.3 is 19.4 Å². The largest absolute Gasteiger partial charge is 0.383 e. The van der Waals surface area contributed by atoms with E-state index in [-0.39, 0.29) is 23.8 Å². The molecular weight excluding hydrogens is 342 g/mol. The maximum absolute atomic E-state index is 13.1. The van der Waals surface area contributed by atoms with Crippen molar-refractivity contribution < 1.29 is 14.3 Å². The summed E-state index contributed by atoms with van der Waals surface area (Å²) in [5.74, 6) is 0.151. The minimum atomic E-state index is -0.0755. The Kier molecular flexibility index (Phi) is 5.34. The fourth-order valence-corrected chi connectivity index (χ4v) is 4.66. The summed E-state index contributed by atoms with van der Waals surface area (Å²) in [6.45, 7) is 4.51. The van der Waals surface area contributed by atoms with Crippen molar-refractivity contribution in [1.82, 2.24) is 9.80 Å². The predicted molar refractivity (Wildman–Crippen MR) is 104 cm³/mol. The zero-order valence-electron chi connectivity index (χ0n) is 16.1. The molecule has 2 bridgehead atoms. The van der Waals surface area contributed by atoms with Crippen LogP contribution in [-0.2, 0) is 9.53 Å². The van der Waals surface area contributed by atoms with E-state index in [4.69, 9.17) is 4.74 Å². The Labute approximate surface area is 161 Å². The molecule has 146 valence electrons. The van der Waals surface area contributed by atoms with E-state index in [9.17, 15) is 9.59 Å². The highest BCUT2D eigenvalue weighted by atomic mass is 16.5. The van der Waals surface area contributed by atoms with Gasteiger partial charge in [0.2, 0.25) is 5.91 Å². The van der Waals surface area contributed by atoms with Crippen LogP contribution in [0.25, 0.3) is 0 Å². The lowest BCUT2D eigenvalue weighted by molar-refractivity contribution is -0.140. The number of anilines is 1. The van der Waals surface area contributed by atoms with Gasteiger partial charge in [-0.05, 0) is 49.9 Å². The number of hydrogen-bond donors (Lipinski definition) is 0. The monoisotopic (exact) mass is 371 g/mol. The van der Waals surface area contributed by atoms with Crippen LogP contribution in [0.3, 0.4) is 0 Å². The molecule has 0 radical (unpaired) electrons. The number of ether oxygens (including phenoxy) is 1. The van der Waals surface area contributed by atoms with E-state index in [0.29, 0.717) is 26.2 Å². The first-order valence-electron chi connectivity index (χ1n) is 10.1. The molecule has 5 rings (SSSR count). The van der Waals surface area contributed by atoms with Crippen LogP contribution in [0.2, 0.25) is 0 Å². The average molecular weight is 371 g/mol. The van der Waals surface area contributed by atoms with Crippen molar-refractivity contribution in [3.8, 4) is 0 Å². The summed E-state index contributed by atoms with van der Waals surface area (Å²) in [6, 6.07) is 8.10. The molecule has 6 heteroatoms. The van der Waals surface area contributed by atoms with Gasteiger partial charge in [0.05, 0.1) is 12.5 Å². The average Bonchev–Trinajstić information content (AvgIpc) is 3.10. The quantitative estimate of drug-likeness (QED) is 0.794. The number of benzene rings is 1. The van der Waals surface area contributed by atoms with Crippen LogP contribution in [0.15, 0.2) is 24.3 Å². The Balaban J connectivity index is 1.46. The van der Waals surface area contributed by atoms with Crippen molar-refractivity contribution in [1.29, 1.82) is 0 Å². The van der Waals surface area contributed by atoms with E-state index in [0.717, 1.165) is 31.5 Å². The van der Waals surface area contributed by atoms with Crippen molar-refractivity contribution in [2.24, 2.45) is 5.92 Å². The lowest BCUT2D eigenvalue weighted by atomic mass is 9.94. The van der Waals surface area contributed by atoms with Gasteiger partial charge >= 0.3 is 0 Å². The molecule has 0 unspecified atom stereocenters. The van der Waals surface area contributed by atoms with E-state index in [1.807, 2.05) is 21.9 Å². The fourth-order valence-electron chi connectivity index (χ4n) is 4.66. The molecule has 0 N–H and O–H groups in total. The summed E-state index contributed by atoms with van der Waals surface area (Å²) >= 11 is 0. The van der Waals surface area contributed by atoms with Crippen LogP contribution in [0.4, 0.5) is 5.69 Å². The van der Waals surface area contributed by atoms with E-state index in [1.165, 1.54) is 18.5 Å². The van der Waals surface area contributed by atoms with Crippen LogP contribution in [0.5, 0.6) is 0 Å². The molecule has 0 spiro atoms. The molecule has 1 aromatic carbocycles. The van der Waals surface area contributed by atoms with Crippen molar-refractivity contribution >= 4 is 17.5 Å². The normalized spacial score (nSPS) is 25.2. The molecule has 4 heterocycles. The molecule has 2 amide bonds. The predicted octanol–water partition coefficient (Wildman–Crippen LogP) is 2.00. The fraction of sp³-hybridized carbons (Fsp3) is 0.619. The molecule has 2 atom stereocenters. The molecule has 6 nitrogen and oxygen atoms in total. The first-order valence-corrected chi connectivity index (χ1v) is 10.1. The Morgan fingerprint density at radius 2 is 1.85 bits per heavy atom. The maximum atomic E-state index is 13.1. The Bertz CT molecular complexity index is 684. The standard InChI is InChI=1S/C21H29N3O3/c1-27-13-12-24-19-9-6-17(21(24)26)14-23(15-19)20(25)16-4-7-18(8-5-16)22-10-2-3-11-22/h4-5,7-8,17,19H,2-3,6,9-15H2,1H3/t17-,19+/m1/s1. The van der Waals surface area contributed by atoms with Gasteiger partial charge in [-0.2, -0.15) is 0 Å². The number of carbonyl (C=O) groups excluding carboxylic acids is 2. The number of carbonyl (C=O) groups is 2. The summed E-state index contributed by atoms with van der Waals surface area (Å²) in [5, 5.41) is 0. The number of rotatable bonds is 5. The number of fused-ring (bicyclic) bond motifs is 4. The maximum Gasteiger partial charge on any atom is 0.253 e. The molecule has 0 saturated carbocycles. The van der Waals surface area contributed by atoms with Crippen LogP contribution in [0.1, 0.15) is 36.0 Å². The first kappa shape index (κ1) is 18.3. The second-order valence-electron chi connectivity index (χ2n) is 7.90. The summed E-state index contributed by atoms with van der Waals surface area (Å²) in [5.41, 5.74) is 1.91. The molecule has 0 aromatic heterocycles. The molecule has 1 aromatic rings. The third-order valence-corrected chi connectivity index (χ3v) is 6.20. The van der Waals surface area contributed by atoms with Crippen molar-refractivity contribution in [3.05, 3.63) is 29.8 Å². The zero-order chi connectivity index (χ0) is 18.8. The minimum Gasteiger partial charge on any atom is -0.383 e. The van der Waals surface area contributed by atoms with Gasteiger partial charge in [0.1, 0.15) is 0 Å². The molecular formula is C21H29N3O3. The minimum absolute atomic E-state index is 0.0428. The lowest BCUT2D eigenvalue weighted by Gasteiger charge is -2.35. The molecule has 4 aliphatic heterocycles. The van der Waals surface area contributed by atoms with Crippen LogP contribution in [-0.4, -0.2) is 74.1 Å². The smallest absolute Gasteiger partial charge is 0.253 e. The van der Waals surface area contributed by atoms with E-state index < -0.39 is 0 Å². The Hall–Kier alpha value is -2.08. The molecule has 0 aliphatic carbocycles. The summed E-state index contributed by atoms with van der Waals surface area (Å²) in [7, 11) is 1.65.